The number of hydrogen-bond donors (Lipinski definition) is 2. The molecule has 0 unspecified atom stereocenters. The van der Waals surface area contributed by atoms with E-state index < -0.39 is 0 Å². The molecule has 3 aromatic carbocycles. The lowest BCUT2D eigenvalue weighted by Gasteiger charge is -2.05. The van der Waals surface area contributed by atoms with Crippen molar-refractivity contribution in [2.75, 3.05) is 7.11 Å². The van der Waals surface area contributed by atoms with Crippen LogP contribution in [-0.4, -0.2) is 28.9 Å². The Morgan fingerprint density at radius 2 is 1.55 bits per heavy atom. The van der Waals surface area contributed by atoms with Crippen LogP contribution in [0.5, 0.6) is 5.75 Å². The van der Waals surface area contributed by atoms with Crippen molar-refractivity contribution in [3.63, 3.8) is 0 Å². The number of nitrogens with one attached hydrogen (secondary N) is 2. The maximum Gasteiger partial charge on any atom is 0.289 e. The first-order valence-electron chi connectivity index (χ1n) is 9.84. The number of methoxy groups -OCH3 is 1. The summed E-state index contributed by atoms with van der Waals surface area (Å²) in [6.45, 7) is 1.85. The fraction of sp³-hybridized carbons (Fsp3) is 0.0800. The van der Waals surface area contributed by atoms with Crippen molar-refractivity contribution >= 4 is 11.6 Å². The smallest absolute Gasteiger partial charge is 0.289 e. The van der Waals surface area contributed by atoms with Gasteiger partial charge in [-0.25, -0.2) is 5.43 Å². The number of benzene rings is 3. The summed E-state index contributed by atoms with van der Waals surface area (Å²) in [5.74, 6) is 0.409. The van der Waals surface area contributed by atoms with Crippen LogP contribution in [0, 0.1) is 0 Å². The zero-order chi connectivity index (χ0) is 21.6. The molecule has 0 spiro atoms. The minimum absolute atomic E-state index is 0.335. The predicted octanol–water partition coefficient (Wildman–Crippen LogP) is 4.91. The van der Waals surface area contributed by atoms with E-state index in [4.69, 9.17) is 4.74 Å². The summed E-state index contributed by atoms with van der Waals surface area (Å²) in [5.41, 5.74) is 8.40. The lowest BCUT2D eigenvalue weighted by atomic mass is 10.0. The van der Waals surface area contributed by atoms with Crippen molar-refractivity contribution in [1.82, 2.24) is 15.6 Å². The summed E-state index contributed by atoms with van der Waals surface area (Å²) >= 11 is 0. The third-order valence-corrected chi connectivity index (χ3v) is 4.94. The van der Waals surface area contributed by atoms with Crippen molar-refractivity contribution in [2.24, 2.45) is 5.10 Å². The summed E-state index contributed by atoms with van der Waals surface area (Å²) in [7, 11) is 1.62. The molecule has 0 saturated heterocycles. The first kappa shape index (κ1) is 20.1. The van der Waals surface area contributed by atoms with Crippen LogP contribution in [0.1, 0.15) is 23.0 Å². The Balaban J connectivity index is 1.42. The number of nitrogens with zero attached hydrogens (tertiary/aromatic N) is 2. The molecule has 0 saturated carbocycles. The summed E-state index contributed by atoms with van der Waals surface area (Å²) in [6, 6.07) is 27.4. The number of hydrazone groups is 1. The van der Waals surface area contributed by atoms with Gasteiger partial charge in [-0.15, -0.1) is 0 Å². The lowest BCUT2D eigenvalue weighted by Crippen LogP contribution is -2.19. The average molecular weight is 410 g/mol. The highest BCUT2D eigenvalue weighted by Gasteiger charge is 2.11. The molecule has 31 heavy (non-hydrogen) atoms. The van der Waals surface area contributed by atoms with Crippen LogP contribution in [0.3, 0.4) is 0 Å². The molecular weight excluding hydrogens is 388 g/mol. The molecule has 0 radical (unpaired) electrons. The van der Waals surface area contributed by atoms with Gasteiger partial charge < -0.3 is 4.74 Å². The van der Waals surface area contributed by atoms with E-state index in [0.717, 1.165) is 28.0 Å². The molecule has 2 N–H and O–H groups in total. The molecule has 0 atom stereocenters. The van der Waals surface area contributed by atoms with Crippen LogP contribution in [-0.2, 0) is 0 Å². The van der Waals surface area contributed by atoms with Crippen LogP contribution < -0.4 is 10.2 Å². The van der Waals surface area contributed by atoms with Gasteiger partial charge in [-0.05, 0) is 53.9 Å². The standard InChI is InChI=1S/C25H22N4O2/c1-17(18-8-10-20(11-9-18)19-6-4-3-5-7-19)26-29-25(30)24-16-23(27-28-24)21-12-14-22(31-2)15-13-21/h3-16H,1-2H3,(H,27,28)(H,29,30)/b26-17+. The van der Waals surface area contributed by atoms with Crippen molar-refractivity contribution in [3.05, 3.63) is 96.2 Å². The van der Waals surface area contributed by atoms with E-state index >= 15 is 0 Å². The molecule has 6 nitrogen and oxygen atoms in total. The molecule has 1 heterocycles. The molecule has 0 bridgehead atoms. The molecule has 6 heteroatoms. The topological polar surface area (TPSA) is 79.4 Å². The molecule has 154 valence electrons. The molecule has 0 aliphatic rings. The molecular formula is C25H22N4O2. The van der Waals surface area contributed by atoms with Crippen molar-refractivity contribution < 1.29 is 9.53 Å². The third-order valence-electron chi connectivity index (χ3n) is 4.94. The van der Waals surface area contributed by atoms with Gasteiger partial charge in [-0.2, -0.15) is 10.2 Å². The van der Waals surface area contributed by atoms with E-state index in [2.05, 4.69) is 32.9 Å². The minimum Gasteiger partial charge on any atom is -0.497 e. The number of amides is 1. The van der Waals surface area contributed by atoms with E-state index in [1.54, 1.807) is 13.2 Å². The molecule has 4 aromatic rings. The second-order valence-electron chi connectivity index (χ2n) is 6.98. The highest BCUT2D eigenvalue weighted by atomic mass is 16.5. The number of ether oxygens (including phenoxy) is 1. The average Bonchev–Trinajstić information content (AvgIpc) is 3.33. The quantitative estimate of drug-likeness (QED) is 0.350. The SMILES string of the molecule is COc1ccc(-c2cc(C(=O)N/N=C(\C)c3ccc(-c4ccccc4)cc3)[nH]n2)cc1. The monoisotopic (exact) mass is 410 g/mol. The number of rotatable bonds is 6. The largest absolute Gasteiger partial charge is 0.497 e. The molecule has 0 fully saturated rings. The van der Waals surface area contributed by atoms with Gasteiger partial charge in [0.15, 0.2) is 0 Å². The van der Waals surface area contributed by atoms with E-state index in [-0.39, 0.29) is 5.91 Å². The number of H-pyrrole nitrogens is 1. The van der Waals surface area contributed by atoms with Gasteiger partial charge in [0, 0.05) is 5.56 Å². The van der Waals surface area contributed by atoms with Gasteiger partial charge in [0.1, 0.15) is 11.4 Å². The van der Waals surface area contributed by atoms with Crippen LogP contribution >= 0.6 is 0 Å². The van der Waals surface area contributed by atoms with Crippen molar-refractivity contribution in [3.8, 4) is 28.1 Å². The predicted molar refractivity (Wildman–Crippen MR) is 122 cm³/mol. The highest BCUT2D eigenvalue weighted by molar-refractivity contribution is 6.01. The minimum atomic E-state index is -0.354. The first-order chi connectivity index (χ1) is 15.1. The van der Waals surface area contributed by atoms with Gasteiger partial charge in [-0.1, -0.05) is 54.6 Å². The number of carbonyl (C=O) groups is 1. The van der Waals surface area contributed by atoms with Gasteiger partial charge in [0.05, 0.1) is 18.5 Å². The number of aromatic nitrogens is 2. The normalized spacial score (nSPS) is 11.2. The second-order valence-corrected chi connectivity index (χ2v) is 6.98. The maximum atomic E-state index is 12.5. The maximum absolute atomic E-state index is 12.5. The first-order valence-corrected chi connectivity index (χ1v) is 9.84. The highest BCUT2D eigenvalue weighted by Crippen LogP contribution is 2.21. The second kappa shape index (κ2) is 9.09. The van der Waals surface area contributed by atoms with Gasteiger partial charge in [0.25, 0.3) is 5.91 Å². The molecule has 1 aromatic heterocycles. The fourth-order valence-corrected chi connectivity index (χ4v) is 3.14. The molecule has 4 rings (SSSR count). The van der Waals surface area contributed by atoms with Crippen LogP contribution in [0.2, 0.25) is 0 Å². The van der Waals surface area contributed by atoms with E-state index in [1.807, 2.05) is 73.7 Å². The van der Waals surface area contributed by atoms with E-state index in [9.17, 15) is 4.79 Å². The van der Waals surface area contributed by atoms with Crippen LogP contribution in [0.4, 0.5) is 0 Å². The fourth-order valence-electron chi connectivity index (χ4n) is 3.14. The number of hydrogen-bond acceptors (Lipinski definition) is 4. The third kappa shape index (κ3) is 4.70. The van der Waals surface area contributed by atoms with Crippen LogP contribution in [0.25, 0.3) is 22.4 Å². The number of aromatic amines is 1. The Morgan fingerprint density at radius 1 is 0.903 bits per heavy atom. The summed E-state index contributed by atoms with van der Waals surface area (Å²) in [4.78, 5) is 12.5. The summed E-state index contributed by atoms with van der Waals surface area (Å²) < 4.78 is 5.16. The Labute approximate surface area is 180 Å². The van der Waals surface area contributed by atoms with Gasteiger partial charge >= 0.3 is 0 Å². The molecule has 0 aliphatic heterocycles. The Kier molecular flexibility index (Phi) is 5.89. The Hall–Kier alpha value is -4.19. The zero-order valence-electron chi connectivity index (χ0n) is 17.3. The Bertz CT molecular complexity index is 1190. The van der Waals surface area contributed by atoms with E-state index in [0.29, 0.717) is 17.1 Å². The number of carbonyl (C=O) groups excluding carboxylic acids is 1. The van der Waals surface area contributed by atoms with E-state index in [1.165, 1.54) is 0 Å². The summed E-state index contributed by atoms with van der Waals surface area (Å²) in [6.07, 6.45) is 0. The van der Waals surface area contributed by atoms with Crippen molar-refractivity contribution in [1.29, 1.82) is 0 Å². The Morgan fingerprint density at radius 3 is 2.23 bits per heavy atom. The van der Waals surface area contributed by atoms with Gasteiger partial charge in [0.2, 0.25) is 0 Å². The van der Waals surface area contributed by atoms with Crippen LogP contribution in [0.15, 0.2) is 90.0 Å². The summed E-state index contributed by atoms with van der Waals surface area (Å²) in [5, 5.41) is 11.2. The molecule has 1 amide bonds. The molecule has 0 aliphatic carbocycles. The zero-order valence-corrected chi connectivity index (χ0v) is 17.3. The lowest BCUT2D eigenvalue weighted by molar-refractivity contribution is 0.0950. The van der Waals surface area contributed by atoms with Gasteiger partial charge in [-0.3, -0.25) is 9.89 Å². The van der Waals surface area contributed by atoms with Crippen molar-refractivity contribution in [2.45, 2.75) is 6.92 Å².